The maximum atomic E-state index is 12.6. The lowest BCUT2D eigenvalue weighted by Gasteiger charge is -2.17. The van der Waals surface area contributed by atoms with Crippen molar-refractivity contribution < 1.29 is 9.59 Å². The number of carbonyl (C=O) groups excluding carboxylic acids is 2. The molecule has 1 aromatic carbocycles. The van der Waals surface area contributed by atoms with Crippen LogP contribution in [-0.2, 0) is 0 Å². The maximum Gasteiger partial charge on any atom is 0.251 e. The molecule has 2 amide bonds. The van der Waals surface area contributed by atoms with E-state index in [1.165, 1.54) is 77.0 Å². The highest BCUT2D eigenvalue weighted by molar-refractivity contribution is 5.99. The summed E-state index contributed by atoms with van der Waals surface area (Å²) in [5, 5.41) is 5.98. The summed E-state index contributed by atoms with van der Waals surface area (Å²) >= 11 is 0. The van der Waals surface area contributed by atoms with Crippen molar-refractivity contribution in [1.82, 2.24) is 20.4 Å². The number of amides is 2. The molecule has 0 aliphatic carbocycles. The first-order valence-electron chi connectivity index (χ1n) is 14.5. The number of benzene rings is 1. The van der Waals surface area contributed by atoms with Crippen LogP contribution in [0.5, 0.6) is 0 Å². The molecule has 1 rings (SSSR count). The van der Waals surface area contributed by atoms with Crippen molar-refractivity contribution >= 4 is 11.8 Å². The topological polar surface area (TPSA) is 64.7 Å². The van der Waals surface area contributed by atoms with Gasteiger partial charge in [0.15, 0.2) is 0 Å². The van der Waals surface area contributed by atoms with Crippen molar-refractivity contribution in [3.63, 3.8) is 0 Å². The van der Waals surface area contributed by atoms with Gasteiger partial charge >= 0.3 is 0 Å². The fourth-order valence-corrected chi connectivity index (χ4v) is 4.27. The first kappa shape index (κ1) is 32.1. The Bertz CT molecular complexity index is 655. The summed E-state index contributed by atoms with van der Waals surface area (Å²) in [5.74, 6) is -0.257. The number of rotatable bonds is 22. The Morgan fingerprint density at radius 1 is 0.611 bits per heavy atom. The first-order chi connectivity index (χ1) is 17.5. The van der Waals surface area contributed by atoms with Gasteiger partial charge in [-0.15, -0.1) is 0 Å². The number of unbranched alkanes of at least 4 members (excludes halogenated alkanes) is 10. The summed E-state index contributed by atoms with van der Waals surface area (Å²) in [4.78, 5) is 29.7. The lowest BCUT2D eigenvalue weighted by Crippen LogP contribution is -2.34. The van der Waals surface area contributed by atoms with Crippen LogP contribution in [0.15, 0.2) is 24.3 Å². The van der Waals surface area contributed by atoms with Gasteiger partial charge in [0.1, 0.15) is 0 Å². The van der Waals surface area contributed by atoms with Crippen LogP contribution in [0.3, 0.4) is 0 Å². The molecule has 1 aromatic rings. The highest BCUT2D eigenvalue weighted by Crippen LogP contribution is 2.07. The van der Waals surface area contributed by atoms with E-state index >= 15 is 0 Å². The average Bonchev–Trinajstić information content (AvgIpc) is 2.88. The molecule has 2 N–H and O–H groups in total. The Morgan fingerprint density at radius 3 is 1.42 bits per heavy atom. The maximum absolute atomic E-state index is 12.6. The van der Waals surface area contributed by atoms with Crippen molar-refractivity contribution in [3.8, 4) is 0 Å². The summed E-state index contributed by atoms with van der Waals surface area (Å²) < 4.78 is 0. The summed E-state index contributed by atoms with van der Waals surface area (Å²) in [6.07, 6.45) is 15.5. The standard InChI is InChI=1S/C30H54N4O2/c1-5-7-9-11-13-15-22-33(3)24-20-31-29(35)27-18-17-19-28(26-27)30(36)32-21-25-34(4)23-16-14-12-10-8-6-2/h17-19,26H,5-16,20-25H2,1-4H3,(H,31,35)(H,32,36). The molecule has 0 radical (unpaired) electrons. The van der Waals surface area contributed by atoms with Gasteiger partial charge in [-0.3, -0.25) is 9.59 Å². The van der Waals surface area contributed by atoms with Crippen molar-refractivity contribution in [2.45, 2.75) is 90.9 Å². The Morgan fingerprint density at radius 2 is 1.00 bits per heavy atom. The molecule has 0 fully saturated rings. The van der Waals surface area contributed by atoms with Gasteiger partial charge in [-0.1, -0.05) is 84.1 Å². The van der Waals surface area contributed by atoms with Crippen molar-refractivity contribution in [1.29, 1.82) is 0 Å². The normalized spacial score (nSPS) is 11.3. The lowest BCUT2D eigenvalue weighted by atomic mass is 10.1. The van der Waals surface area contributed by atoms with Gasteiger partial charge in [-0.25, -0.2) is 0 Å². The first-order valence-corrected chi connectivity index (χ1v) is 14.5. The molecule has 36 heavy (non-hydrogen) atoms. The van der Waals surface area contributed by atoms with Crippen molar-refractivity contribution in [3.05, 3.63) is 35.4 Å². The molecule has 0 aliphatic heterocycles. The van der Waals surface area contributed by atoms with Crippen LogP contribution in [0.25, 0.3) is 0 Å². The quantitative estimate of drug-likeness (QED) is 0.199. The van der Waals surface area contributed by atoms with Gasteiger partial charge in [0.2, 0.25) is 0 Å². The van der Waals surface area contributed by atoms with E-state index in [9.17, 15) is 9.59 Å². The Labute approximate surface area is 221 Å². The second-order valence-corrected chi connectivity index (χ2v) is 10.2. The molecule has 0 spiro atoms. The van der Waals surface area contributed by atoms with Crippen LogP contribution in [0.1, 0.15) is 112 Å². The van der Waals surface area contributed by atoms with Crippen LogP contribution in [0.4, 0.5) is 0 Å². The fourth-order valence-electron chi connectivity index (χ4n) is 4.27. The Hall–Kier alpha value is -1.92. The number of nitrogens with zero attached hydrogens (tertiary/aromatic N) is 2. The molecule has 6 heteroatoms. The summed E-state index contributed by atoms with van der Waals surface area (Å²) in [7, 11) is 4.21. The molecule has 0 bridgehead atoms. The minimum atomic E-state index is -0.128. The molecule has 0 aliphatic rings. The number of carbonyl (C=O) groups is 2. The predicted molar refractivity (Wildman–Crippen MR) is 153 cm³/mol. The molecule has 0 aromatic heterocycles. The van der Waals surface area contributed by atoms with Gasteiger partial charge in [0.25, 0.3) is 11.8 Å². The predicted octanol–water partition coefficient (Wildman–Crippen LogP) is 5.73. The molecule has 206 valence electrons. The van der Waals surface area contributed by atoms with Gasteiger partial charge in [-0.05, 0) is 58.2 Å². The van der Waals surface area contributed by atoms with Gasteiger partial charge < -0.3 is 20.4 Å². The number of hydrogen-bond acceptors (Lipinski definition) is 4. The Balaban J connectivity index is 2.25. The van der Waals surface area contributed by atoms with Crippen LogP contribution in [0, 0.1) is 0 Å². The fraction of sp³-hybridized carbons (Fsp3) is 0.733. The smallest absolute Gasteiger partial charge is 0.251 e. The van der Waals surface area contributed by atoms with E-state index in [-0.39, 0.29) is 11.8 Å². The summed E-state index contributed by atoms with van der Waals surface area (Å²) in [5.41, 5.74) is 1.06. The lowest BCUT2D eigenvalue weighted by molar-refractivity contribution is 0.0949. The second kappa shape index (κ2) is 21.2. The van der Waals surface area contributed by atoms with Gasteiger partial charge in [-0.2, -0.15) is 0 Å². The van der Waals surface area contributed by atoms with Crippen LogP contribution in [0.2, 0.25) is 0 Å². The minimum Gasteiger partial charge on any atom is -0.351 e. The SMILES string of the molecule is CCCCCCCCN(C)CCNC(=O)c1cccc(C(=O)NCCN(C)CCCCCCCC)c1. The third kappa shape index (κ3) is 15.9. The molecule has 0 saturated carbocycles. The number of likely N-dealkylation sites (N-methyl/N-ethyl adjacent to an activating group) is 2. The molecular weight excluding hydrogens is 448 g/mol. The monoisotopic (exact) mass is 502 g/mol. The van der Waals surface area contributed by atoms with Gasteiger partial charge in [0.05, 0.1) is 0 Å². The zero-order chi connectivity index (χ0) is 26.4. The van der Waals surface area contributed by atoms with Gasteiger partial charge in [0, 0.05) is 37.3 Å². The third-order valence-corrected chi connectivity index (χ3v) is 6.73. The number of nitrogens with one attached hydrogen (secondary N) is 2. The summed E-state index contributed by atoms with van der Waals surface area (Å²) in [6, 6.07) is 6.99. The Kier molecular flexibility index (Phi) is 18.9. The van der Waals surface area contributed by atoms with E-state index in [2.05, 4.69) is 48.4 Å². The van der Waals surface area contributed by atoms with Crippen molar-refractivity contribution in [2.75, 3.05) is 53.4 Å². The third-order valence-electron chi connectivity index (χ3n) is 6.73. The van der Waals surface area contributed by atoms with E-state index in [0.29, 0.717) is 24.2 Å². The van der Waals surface area contributed by atoms with Crippen LogP contribution in [-0.4, -0.2) is 75.0 Å². The largest absolute Gasteiger partial charge is 0.351 e. The highest BCUT2D eigenvalue weighted by atomic mass is 16.2. The molecule has 0 saturated heterocycles. The second-order valence-electron chi connectivity index (χ2n) is 10.2. The van der Waals surface area contributed by atoms with Crippen LogP contribution < -0.4 is 10.6 Å². The average molecular weight is 503 g/mol. The van der Waals surface area contributed by atoms with E-state index in [0.717, 1.165) is 26.2 Å². The molecule has 0 unspecified atom stereocenters. The van der Waals surface area contributed by atoms with Crippen LogP contribution >= 0.6 is 0 Å². The van der Waals surface area contributed by atoms with E-state index in [4.69, 9.17) is 0 Å². The van der Waals surface area contributed by atoms with E-state index in [1.807, 2.05) is 0 Å². The molecule has 6 nitrogen and oxygen atoms in total. The highest BCUT2D eigenvalue weighted by Gasteiger charge is 2.11. The molecule has 0 atom stereocenters. The molecule has 0 heterocycles. The summed E-state index contributed by atoms with van der Waals surface area (Å²) in [6.45, 7) is 9.47. The van der Waals surface area contributed by atoms with Crippen molar-refractivity contribution in [2.24, 2.45) is 0 Å². The minimum absolute atomic E-state index is 0.128. The van der Waals surface area contributed by atoms with E-state index in [1.54, 1.807) is 24.3 Å². The molecular formula is C30H54N4O2. The van der Waals surface area contributed by atoms with E-state index < -0.39 is 0 Å². The number of hydrogen-bond donors (Lipinski definition) is 2. The zero-order valence-electron chi connectivity index (χ0n) is 23.7. The zero-order valence-corrected chi connectivity index (χ0v) is 23.7.